The van der Waals surface area contributed by atoms with Gasteiger partial charge in [0.05, 0.1) is 29.7 Å². The highest BCUT2D eigenvalue weighted by molar-refractivity contribution is 8.00. The smallest absolute Gasteiger partial charge is 0.308 e. The lowest BCUT2D eigenvalue weighted by molar-refractivity contribution is -0.133. The third-order valence-corrected chi connectivity index (χ3v) is 13.5. The number of aromatic nitrogens is 1. The molecule has 0 N–H and O–H groups in total. The Morgan fingerprint density at radius 2 is 1.59 bits per heavy atom. The molecular formula is C34H35N3O5S2. The van der Waals surface area contributed by atoms with E-state index in [0.29, 0.717) is 5.69 Å². The number of hydrogen-bond acceptors (Lipinski definition) is 7. The van der Waals surface area contributed by atoms with Gasteiger partial charge in [-0.15, -0.1) is 11.8 Å². The minimum Gasteiger partial charge on any atom is -0.497 e. The lowest BCUT2D eigenvalue weighted by Crippen LogP contribution is -2.43. The summed E-state index contributed by atoms with van der Waals surface area (Å²) in [6, 6.07) is 15.6. The molecule has 3 aromatic rings. The molecule has 0 radical (unpaired) electrons. The summed E-state index contributed by atoms with van der Waals surface area (Å²) in [5.74, 6) is -0.0581. The van der Waals surface area contributed by atoms with Crippen LogP contribution >= 0.6 is 23.1 Å². The second kappa shape index (κ2) is 10.6. The van der Waals surface area contributed by atoms with Gasteiger partial charge < -0.3 is 9.64 Å². The van der Waals surface area contributed by atoms with Crippen LogP contribution in [0.15, 0.2) is 58.4 Å². The van der Waals surface area contributed by atoms with Crippen LogP contribution in [0.5, 0.6) is 5.75 Å². The number of amides is 3. The third kappa shape index (κ3) is 4.16. The maximum Gasteiger partial charge on any atom is 0.308 e. The van der Waals surface area contributed by atoms with E-state index in [1.807, 2.05) is 48.2 Å². The van der Waals surface area contributed by atoms with E-state index in [1.165, 1.54) is 16.2 Å². The molecule has 228 valence electrons. The molecule has 7 unspecified atom stereocenters. The summed E-state index contributed by atoms with van der Waals surface area (Å²) in [7, 11) is 1.64. The Kier molecular flexibility index (Phi) is 6.79. The van der Waals surface area contributed by atoms with Crippen molar-refractivity contribution >= 4 is 46.5 Å². The molecule has 2 saturated heterocycles. The Labute approximate surface area is 264 Å². The van der Waals surface area contributed by atoms with Crippen molar-refractivity contribution in [2.24, 2.45) is 29.6 Å². The Balaban J connectivity index is 1.19. The largest absolute Gasteiger partial charge is 0.497 e. The first-order valence-electron chi connectivity index (χ1n) is 15.6. The van der Waals surface area contributed by atoms with Crippen molar-refractivity contribution in [1.29, 1.82) is 0 Å². The molecule has 2 saturated carbocycles. The van der Waals surface area contributed by atoms with Gasteiger partial charge in [-0.25, -0.2) is 0 Å². The number of rotatable bonds is 5. The molecule has 3 aliphatic heterocycles. The van der Waals surface area contributed by atoms with Crippen LogP contribution in [-0.4, -0.2) is 52.6 Å². The first kappa shape index (κ1) is 28.1. The molecular weight excluding hydrogens is 595 g/mol. The van der Waals surface area contributed by atoms with Crippen LogP contribution in [0.3, 0.4) is 0 Å². The zero-order valence-corrected chi connectivity index (χ0v) is 26.4. The number of benzene rings is 2. The molecule has 1 aromatic heterocycles. The summed E-state index contributed by atoms with van der Waals surface area (Å²) in [5.41, 5.74) is 2.80. The van der Waals surface area contributed by atoms with Gasteiger partial charge in [-0.2, -0.15) is 0 Å². The van der Waals surface area contributed by atoms with Crippen LogP contribution in [0.1, 0.15) is 47.6 Å². The van der Waals surface area contributed by atoms with Crippen LogP contribution < -0.4 is 14.5 Å². The van der Waals surface area contributed by atoms with E-state index in [9.17, 15) is 19.2 Å². The lowest BCUT2D eigenvalue weighted by atomic mass is 9.68. The van der Waals surface area contributed by atoms with Crippen molar-refractivity contribution in [2.45, 2.75) is 55.3 Å². The second-order valence-corrected chi connectivity index (χ2v) is 15.1. The summed E-state index contributed by atoms with van der Waals surface area (Å²) in [5, 5.41) is 0.935. The normalized spacial score (nSPS) is 30.4. The van der Waals surface area contributed by atoms with Crippen molar-refractivity contribution in [3.05, 3.63) is 74.2 Å². The highest BCUT2D eigenvalue weighted by atomic mass is 32.2. The van der Waals surface area contributed by atoms with E-state index < -0.39 is 0 Å². The number of piperidine rings is 1. The average molecular weight is 630 g/mol. The van der Waals surface area contributed by atoms with Gasteiger partial charge in [0.2, 0.25) is 17.7 Å². The number of thioether (sulfide) groups is 1. The SMILES string of the molecule is COc1ccc(C2c3sc(=O)n(CC(=O)N4CCCCC4)c3SC3C4CC(C5C(=O)N(c6ccc(C)cc6)C(=O)C45)C23)cc1. The number of fused-ring (bicyclic) bond motifs is 9. The summed E-state index contributed by atoms with van der Waals surface area (Å²) in [4.78, 5) is 59.2. The van der Waals surface area contributed by atoms with Gasteiger partial charge >= 0.3 is 4.87 Å². The molecule has 5 aliphatic rings. The predicted octanol–water partition coefficient (Wildman–Crippen LogP) is 4.92. The van der Waals surface area contributed by atoms with Gasteiger partial charge in [0, 0.05) is 29.1 Å². The monoisotopic (exact) mass is 629 g/mol. The van der Waals surface area contributed by atoms with Crippen LogP contribution in [0.2, 0.25) is 0 Å². The number of carbonyl (C=O) groups is 3. The minimum atomic E-state index is -0.352. The average Bonchev–Trinajstić information content (AvgIpc) is 3.77. The fourth-order valence-corrected chi connectivity index (χ4v) is 11.9. The Hall–Kier alpha value is -3.37. The fourth-order valence-electron chi connectivity index (χ4n) is 8.77. The Morgan fingerprint density at radius 1 is 0.909 bits per heavy atom. The third-order valence-electron chi connectivity index (χ3n) is 10.7. The molecule has 8 rings (SSSR count). The van der Waals surface area contributed by atoms with Gasteiger partial charge in [-0.3, -0.25) is 28.6 Å². The van der Waals surface area contributed by atoms with Crippen molar-refractivity contribution in [1.82, 2.24) is 9.47 Å². The van der Waals surface area contributed by atoms with Gasteiger partial charge in [0.1, 0.15) is 12.3 Å². The van der Waals surface area contributed by atoms with Crippen molar-refractivity contribution < 1.29 is 19.1 Å². The lowest BCUT2D eigenvalue weighted by Gasteiger charge is -2.43. The van der Waals surface area contributed by atoms with Crippen molar-refractivity contribution in [3.8, 4) is 5.75 Å². The molecule has 3 amide bonds. The number of anilines is 1. The number of nitrogens with zero attached hydrogens (tertiary/aromatic N) is 3. The molecule has 2 bridgehead atoms. The molecule has 8 nitrogen and oxygen atoms in total. The number of methoxy groups -OCH3 is 1. The van der Waals surface area contributed by atoms with E-state index in [0.717, 1.165) is 65.6 Å². The van der Waals surface area contributed by atoms with E-state index in [-0.39, 0.29) is 69.9 Å². The molecule has 4 heterocycles. The number of carbonyl (C=O) groups excluding carboxylic acids is 3. The number of thiazole rings is 1. The number of likely N-dealkylation sites (tertiary alicyclic amines) is 1. The molecule has 7 atom stereocenters. The summed E-state index contributed by atoms with van der Waals surface area (Å²) >= 11 is 2.92. The van der Waals surface area contributed by atoms with Gasteiger partial charge in [-0.1, -0.05) is 41.2 Å². The van der Waals surface area contributed by atoms with E-state index in [4.69, 9.17) is 4.74 Å². The second-order valence-electron chi connectivity index (χ2n) is 12.9. The van der Waals surface area contributed by atoms with E-state index >= 15 is 0 Å². The molecule has 0 spiro atoms. The van der Waals surface area contributed by atoms with Gasteiger partial charge in [0.25, 0.3) is 0 Å². The minimum absolute atomic E-state index is 0.00515. The fraction of sp³-hybridized carbons (Fsp3) is 0.471. The van der Waals surface area contributed by atoms with E-state index in [1.54, 1.807) is 23.4 Å². The number of hydrogen-bond donors (Lipinski definition) is 0. The summed E-state index contributed by atoms with van der Waals surface area (Å²) in [6.07, 6.45) is 3.96. The maximum absolute atomic E-state index is 14.0. The Bertz CT molecular complexity index is 1710. The highest BCUT2D eigenvalue weighted by Crippen LogP contribution is 2.69. The first-order valence-corrected chi connectivity index (χ1v) is 17.3. The highest BCUT2D eigenvalue weighted by Gasteiger charge is 2.69. The molecule has 44 heavy (non-hydrogen) atoms. The number of ether oxygens (including phenoxy) is 1. The van der Waals surface area contributed by atoms with Crippen LogP contribution in [0, 0.1) is 36.5 Å². The van der Waals surface area contributed by atoms with Crippen LogP contribution in [0.25, 0.3) is 0 Å². The van der Waals surface area contributed by atoms with Crippen molar-refractivity contribution in [3.63, 3.8) is 0 Å². The van der Waals surface area contributed by atoms with Crippen LogP contribution in [-0.2, 0) is 20.9 Å². The number of aryl methyl sites for hydroxylation is 1. The van der Waals surface area contributed by atoms with Crippen molar-refractivity contribution in [2.75, 3.05) is 25.1 Å². The Morgan fingerprint density at radius 3 is 2.27 bits per heavy atom. The van der Waals surface area contributed by atoms with Gasteiger partial charge in [-0.05, 0) is 80.2 Å². The zero-order valence-electron chi connectivity index (χ0n) is 24.8. The molecule has 2 aliphatic carbocycles. The first-order chi connectivity index (χ1) is 21.4. The summed E-state index contributed by atoms with van der Waals surface area (Å²) < 4.78 is 7.14. The summed E-state index contributed by atoms with van der Waals surface area (Å²) in [6.45, 7) is 3.52. The quantitative estimate of drug-likeness (QED) is 0.373. The molecule has 10 heteroatoms. The topological polar surface area (TPSA) is 88.9 Å². The molecule has 4 fully saturated rings. The predicted molar refractivity (Wildman–Crippen MR) is 169 cm³/mol. The van der Waals surface area contributed by atoms with Gasteiger partial charge in [0.15, 0.2) is 0 Å². The standard InChI is InChI=1S/C34H35N3O5S2/c1-18-6-10-20(11-7-18)37-31(39)27-22-16-23(28(27)32(37)40)29-26(22)25(19-8-12-21(42-2)13-9-19)30-33(43-29)36(34(41)44-30)17-24(38)35-14-4-3-5-15-35/h6-13,22-23,25-29H,3-5,14-17H2,1-2H3. The number of imide groups is 1. The zero-order chi connectivity index (χ0) is 30.3. The maximum atomic E-state index is 14.0. The molecule has 2 aromatic carbocycles. The van der Waals surface area contributed by atoms with Crippen LogP contribution in [0.4, 0.5) is 5.69 Å². The van der Waals surface area contributed by atoms with E-state index in [2.05, 4.69) is 12.1 Å².